The van der Waals surface area contributed by atoms with Gasteiger partial charge in [0.1, 0.15) is 0 Å². The van der Waals surface area contributed by atoms with Crippen LogP contribution in [0.3, 0.4) is 0 Å². The van der Waals surface area contributed by atoms with E-state index >= 15 is 0 Å². The Morgan fingerprint density at radius 1 is 1.27 bits per heavy atom. The van der Waals surface area contributed by atoms with Crippen molar-refractivity contribution < 1.29 is 14.3 Å². The lowest BCUT2D eigenvalue weighted by atomic mass is 9.96. The molecule has 0 N–H and O–H groups in total. The van der Waals surface area contributed by atoms with Crippen molar-refractivity contribution in [3.63, 3.8) is 0 Å². The number of aryl methyl sites for hydroxylation is 1. The number of carbonyl (C=O) groups excluding carboxylic acids is 2. The number of methoxy groups -OCH3 is 1. The highest BCUT2D eigenvalue weighted by Crippen LogP contribution is 2.19. The SMILES string of the molecule is COC(=O)C1CCN(C(=O)CCc2ccc(C#N)cc2)CC1. The third-order valence-corrected chi connectivity index (χ3v) is 4.09. The van der Waals surface area contributed by atoms with Crippen LogP contribution in [0, 0.1) is 17.2 Å². The maximum Gasteiger partial charge on any atom is 0.308 e. The molecule has 1 aromatic carbocycles. The number of hydrogen-bond acceptors (Lipinski definition) is 4. The van der Waals surface area contributed by atoms with Gasteiger partial charge in [0.05, 0.1) is 24.7 Å². The summed E-state index contributed by atoms with van der Waals surface area (Å²) in [5, 5.41) is 8.75. The van der Waals surface area contributed by atoms with Gasteiger partial charge in [0.15, 0.2) is 0 Å². The van der Waals surface area contributed by atoms with Crippen molar-refractivity contribution in [2.45, 2.75) is 25.7 Å². The quantitative estimate of drug-likeness (QED) is 0.796. The summed E-state index contributed by atoms with van der Waals surface area (Å²) in [5.41, 5.74) is 1.68. The summed E-state index contributed by atoms with van der Waals surface area (Å²) in [4.78, 5) is 25.5. The lowest BCUT2D eigenvalue weighted by molar-refractivity contribution is -0.148. The van der Waals surface area contributed by atoms with E-state index in [9.17, 15) is 9.59 Å². The van der Waals surface area contributed by atoms with Gasteiger partial charge < -0.3 is 9.64 Å². The fraction of sp³-hybridized carbons (Fsp3) is 0.471. The molecular weight excluding hydrogens is 280 g/mol. The molecule has 0 radical (unpaired) electrons. The van der Waals surface area contributed by atoms with Crippen molar-refractivity contribution in [3.05, 3.63) is 35.4 Å². The fourth-order valence-corrected chi connectivity index (χ4v) is 2.69. The average Bonchev–Trinajstić information content (AvgIpc) is 2.59. The van der Waals surface area contributed by atoms with E-state index in [4.69, 9.17) is 10.00 Å². The van der Waals surface area contributed by atoms with Gasteiger partial charge in [-0.05, 0) is 37.0 Å². The largest absolute Gasteiger partial charge is 0.469 e. The molecule has 1 saturated heterocycles. The van der Waals surface area contributed by atoms with Gasteiger partial charge in [-0.15, -0.1) is 0 Å². The van der Waals surface area contributed by atoms with E-state index in [1.165, 1.54) is 7.11 Å². The molecule has 0 atom stereocenters. The molecule has 1 aliphatic rings. The first-order valence-corrected chi connectivity index (χ1v) is 7.48. The van der Waals surface area contributed by atoms with E-state index < -0.39 is 0 Å². The number of nitrogens with zero attached hydrogens (tertiary/aromatic N) is 2. The van der Waals surface area contributed by atoms with Crippen molar-refractivity contribution in [1.82, 2.24) is 4.90 Å². The third-order valence-electron chi connectivity index (χ3n) is 4.09. The van der Waals surface area contributed by atoms with Crippen LogP contribution in [0.15, 0.2) is 24.3 Å². The summed E-state index contributed by atoms with van der Waals surface area (Å²) in [6, 6.07) is 9.38. The van der Waals surface area contributed by atoms with Crippen molar-refractivity contribution >= 4 is 11.9 Å². The van der Waals surface area contributed by atoms with Gasteiger partial charge in [0.25, 0.3) is 0 Å². The Kier molecular flexibility index (Phi) is 5.54. The van der Waals surface area contributed by atoms with Crippen LogP contribution in [0.5, 0.6) is 0 Å². The predicted octanol–water partition coefficient (Wildman–Crippen LogP) is 1.90. The smallest absolute Gasteiger partial charge is 0.308 e. The summed E-state index contributed by atoms with van der Waals surface area (Å²) in [5.74, 6) is -0.134. The fourth-order valence-electron chi connectivity index (χ4n) is 2.69. The maximum absolute atomic E-state index is 12.2. The molecule has 0 spiro atoms. The molecule has 0 saturated carbocycles. The van der Waals surface area contributed by atoms with E-state index in [0.717, 1.165) is 5.56 Å². The van der Waals surface area contributed by atoms with Crippen LogP contribution in [-0.4, -0.2) is 37.0 Å². The zero-order valence-electron chi connectivity index (χ0n) is 12.7. The molecule has 0 aliphatic carbocycles. The van der Waals surface area contributed by atoms with Crippen LogP contribution >= 0.6 is 0 Å². The van der Waals surface area contributed by atoms with E-state index in [1.54, 1.807) is 12.1 Å². The molecule has 1 heterocycles. The second kappa shape index (κ2) is 7.60. The van der Waals surface area contributed by atoms with Crippen LogP contribution in [0.2, 0.25) is 0 Å². The second-order valence-corrected chi connectivity index (χ2v) is 5.49. The van der Waals surface area contributed by atoms with Crippen molar-refractivity contribution in [3.8, 4) is 6.07 Å². The standard InChI is InChI=1S/C17H20N2O3/c1-22-17(21)15-8-10-19(11-9-15)16(20)7-6-13-2-4-14(12-18)5-3-13/h2-5,15H,6-11H2,1H3. The number of amides is 1. The molecular formula is C17H20N2O3. The molecule has 116 valence electrons. The number of nitriles is 1. The third kappa shape index (κ3) is 4.08. The van der Waals surface area contributed by atoms with E-state index in [2.05, 4.69) is 6.07 Å². The first-order chi connectivity index (χ1) is 10.6. The number of rotatable bonds is 4. The molecule has 5 heteroatoms. The van der Waals surface area contributed by atoms with Crippen molar-refractivity contribution in [2.24, 2.45) is 5.92 Å². The van der Waals surface area contributed by atoms with Crippen LogP contribution < -0.4 is 0 Å². The topological polar surface area (TPSA) is 70.4 Å². The molecule has 1 aromatic rings. The Hall–Kier alpha value is -2.35. The molecule has 0 bridgehead atoms. The summed E-state index contributed by atoms with van der Waals surface area (Å²) >= 11 is 0. The second-order valence-electron chi connectivity index (χ2n) is 5.49. The molecule has 2 rings (SSSR count). The Bertz CT molecular complexity index is 567. The Morgan fingerprint density at radius 2 is 1.91 bits per heavy atom. The van der Waals surface area contributed by atoms with Crippen LogP contribution in [0.25, 0.3) is 0 Å². The van der Waals surface area contributed by atoms with Gasteiger partial charge in [-0.1, -0.05) is 12.1 Å². The summed E-state index contributed by atoms with van der Waals surface area (Å²) in [7, 11) is 1.40. The van der Waals surface area contributed by atoms with Crippen molar-refractivity contribution in [1.29, 1.82) is 5.26 Å². The van der Waals surface area contributed by atoms with Gasteiger partial charge in [0.2, 0.25) is 5.91 Å². The van der Waals surface area contributed by atoms with Gasteiger partial charge in [-0.25, -0.2) is 0 Å². The van der Waals surface area contributed by atoms with Crippen LogP contribution in [-0.2, 0) is 20.7 Å². The summed E-state index contributed by atoms with van der Waals surface area (Å²) in [6.45, 7) is 1.23. The number of esters is 1. The lowest BCUT2D eigenvalue weighted by Crippen LogP contribution is -2.40. The van der Waals surface area contributed by atoms with E-state index in [1.807, 2.05) is 17.0 Å². The maximum atomic E-state index is 12.2. The number of hydrogen-bond donors (Lipinski definition) is 0. The van der Waals surface area contributed by atoms with Gasteiger partial charge in [-0.2, -0.15) is 5.26 Å². The van der Waals surface area contributed by atoms with Gasteiger partial charge in [0, 0.05) is 19.5 Å². The minimum Gasteiger partial charge on any atom is -0.469 e. The molecule has 1 aliphatic heterocycles. The van der Waals surface area contributed by atoms with Crippen LogP contribution in [0.1, 0.15) is 30.4 Å². The average molecular weight is 300 g/mol. The number of benzene rings is 1. The normalized spacial score (nSPS) is 15.2. The Labute approximate surface area is 130 Å². The van der Waals surface area contributed by atoms with Crippen molar-refractivity contribution in [2.75, 3.05) is 20.2 Å². The number of ether oxygens (including phenoxy) is 1. The summed E-state index contributed by atoms with van der Waals surface area (Å²) in [6.07, 6.45) is 2.47. The molecule has 1 fully saturated rings. The highest BCUT2D eigenvalue weighted by molar-refractivity contribution is 5.77. The molecule has 1 amide bonds. The Balaban J connectivity index is 1.78. The molecule has 5 nitrogen and oxygen atoms in total. The molecule has 0 unspecified atom stereocenters. The minimum atomic E-state index is -0.176. The molecule has 22 heavy (non-hydrogen) atoms. The number of likely N-dealkylation sites (tertiary alicyclic amines) is 1. The van der Waals surface area contributed by atoms with Crippen LogP contribution in [0.4, 0.5) is 0 Å². The number of carbonyl (C=O) groups is 2. The zero-order chi connectivity index (χ0) is 15.9. The predicted molar refractivity (Wildman–Crippen MR) is 80.8 cm³/mol. The van der Waals surface area contributed by atoms with E-state index in [-0.39, 0.29) is 17.8 Å². The first-order valence-electron chi connectivity index (χ1n) is 7.48. The number of piperidine rings is 1. The minimum absolute atomic E-state index is 0.0763. The lowest BCUT2D eigenvalue weighted by Gasteiger charge is -2.30. The molecule has 0 aromatic heterocycles. The van der Waals surface area contributed by atoms with Gasteiger partial charge >= 0.3 is 5.97 Å². The highest BCUT2D eigenvalue weighted by atomic mass is 16.5. The van der Waals surface area contributed by atoms with E-state index in [0.29, 0.717) is 44.3 Å². The monoisotopic (exact) mass is 300 g/mol. The van der Waals surface area contributed by atoms with Gasteiger partial charge in [-0.3, -0.25) is 9.59 Å². The zero-order valence-corrected chi connectivity index (χ0v) is 12.7. The first kappa shape index (κ1) is 16.0. The summed E-state index contributed by atoms with van der Waals surface area (Å²) < 4.78 is 4.74. The highest BCUT2D eigenvalue weighted by Gasteiger charge is 2.27. The Morgan fingerprint density at radius 3 is 2.45 bits per heavy atom.